The van der Waals surface area contributed by atoms with Crippen molar-refractivity contribution in [2.24, 2.45) is 24.3 Å². The van der Waals surface area contributed by atoms with Crippen LogP contribution < -0.4 is 4.90 Å². The van der Waals surface area contributed by atoms with Crippen LogP contribution in [0.5, 0.6) is 0 Å². The number of hydrogen-bond acceptors (Lipinski definition) is 5. The van der Waals surface area contributed by atoms with Gasteiger partial charge < -0.3 is 9.42 Å². The first kappa shape index (κ1) is 26.5. The number of benzene rings is 1. The lowest BCUT2D eigenvalue weighted by atomic mass is 9.53. The van der Waals surface area contributed by atoms with Gasteiger partial charge in [-0.25, -0.2) is 8.78 Å². The summed E-state index contributed by atoms with van der Waals surface area (Å²) in [5, 5.41) is 9.09. The summed E-state index contributed by atoms with van der Waals surface area (Å²) in [7, 11) is 2.00. The summed E-state index contributed by atoms with van der Waals surface area (Å²) >= 11 is 0. The maximum atomic E-state index is 14.0. The van der Waals surface area contributed by atoms with E-state index in [1.165, 1.54) is 18.5 Å². The Morgan fingerprint density at radius 3 is 2.43 bits per heavy atom. The van der Waals surface area contributed by atoms with Crippen molar-refractivity contribution in [3.05, 3.63) is 47.7 Å². The van der Waals surface area contributed by atoms with E-state index >= 15 is 0 Å². The van der Waals surface area contributed by atoms with E-state index in [1.807, 2.05) is 28.8 Å². The van der Waals surface area contributed by atoms with Crippen molar-refractivity contribution in [3.8, 4) is 11.3 Å². The van der Waals surface area contributed by atoms with E-state index in [9.17, 15) is 13.6 Å². The van der Waals surface area contributed by atoms with Gasteiger partial charge in [-0.2, -0.15) is 10.1 Å². The molecule has 9 heteroatoms. The SMILES string of the molecule is Cn1nc(-c2cccc(N(CC34CCC(c5nc(C6CC6)no5)(CC3)CC4)C(=O)C3CC(C(F)F)C3)c2)cc1C1CC1. The van der Waals surface area contributed by atoms with E-state index in [2.05, 4.69) is 23.4 Å². The number of carbonyl (C=O) groups is 1. The van der Waals surface area contributed by atoms with E-state index in [4.69, 9.17) is 14.6 Å². The van der Waals surface area contributed by atoms with Gasteiger partial charge in [-0.15, -0.1) is 0 Å². The number of aryl methyl sites for hydroxylation is 1. The fourth-order valence-corrected chi connectivity index (χ4v) is 7.92. The van der Waals surface area contributed by atoms with Crippen LogP contribution in [-0.4, -0.2) is 38.8 Å². The molecule has 42 heavy (non-hydrogen) atoms. The molecule has 1 amide bonds. The van der Waals surface area contributed by atoms with Gasteiger partial charge in [0.2, 0.25) is 18.2 Å². The number of fused-ring (bicyclic) bond motifs is 3. The van der Waals surface area contributed by atoms with Gasteiger partial charge in [-0.3, -0.25) is 9.48 Å². The van der Waals surface area contributed by atoms with Gasteiger partial charge in [-0.1, -0.05) is 17.3 Å². The third-order valence-corrected chi connectivity index (χ3v) is 11.2. The van der Waals surface area contributed by atoms with Crippen LogP contribution in [0.25, 0.3) is 11.3 Å². The number of carbonyl (C=O) groups excluding carboxylic acids is 1. The van der Waals surface area contributed by atoms with Crippen LogP contribution in [0, 0.1) is 17.3 Å². The minimum absolute atomic E-state index is 0.00274. The molecule has 0 radical (unpaired) electrons. The quantitative estimate of drug-likeness (QED) is 0.271. The molecular weight excluding hydrogens is 536 g/mol. The first-order chi connectivity index (χ1) is 20.3. The van der Waals surface area contributed by atoms with Crippen molar-refractivity contribution in [1.82, 2.24) is 19.9 Å². The first-order valence-electron chi connectivity index (χ1n) is 15.9. The number of aromatic nitrogens is 4. The van der Waals surface area contributed by atoms with E-state index < -0.39 is 12.3 Å². The van der Waals surface area contributed by atoms with E-state index in [0.29, 0.717) is 18.4 Å². The van der Waals surface area contributed by atoms with Gasteiger partial charge >= 0.3 is 0 Å². The summed E-state index contributed by atoms with van der Waals surface area (Å²) < 4.78 is 34.5. The maximum absolute atomic E-state index is 14.0. The van der Waals surface area contributed by atoms with Crippen molar-refractivity contribution in [2.45, 2.75) is 101 Å². The summed E-state index contributed by atoms with van der Waals surface area (Å²) in [4.78, 5) is 20.8. The van der Waals surface area contributed by atoms with Crippen molar-refractivity contribution < 1.29 is 18.1 Å². The molecule has 6 aliphatic rings. The number of anilines is 1. The molecule has 2 heterocycles. The highest BCUT2D eigenvalue weighted by Gasteiger charge is 2.54. The molecule has 2 bridgehead atoms. The Morgan fingerprint density at radius 1 is 1.05 bits per heavy atom. The average molecular weight is 576 g/mol. The first-order valence-corrected chi connectivity index (χ1v) is 15.9. The number of alkyl halides is 2. The Kier molecular flexibility index (Phi) is 6.13. The van der Waals surface area contributed by atoms with Gasteiger partial charge in [0.1, 0.15) is 0 Å². The lowest BCUT2D eigenvalue weighted by Crippen LogP contribution is -2.53. The highest BCUT2D eigenvalue weighted by Crippen LogP contribution is 2.58. The van der Waals surface area contributed by atoms with E-state index in [1.54, 1.807) is 0 Å². The summed E-state index contributed by atoms with van der Waals surface area (Å²) in [5.74, 6) is 1.74. The second-order valence-electron chi connectivity index (χ2n) is 14.1. The molecule has 0 saturated heterocycles. The van der Waals surface area contributed by atoms with Crippen LogP contribution >= 0.6 is 0 Å². The predicted octanol–water partition coefficient (Wildman–Crippen LogP) is 7.14. The summed E-state index contributed by atoms with van der Waals surface area (Å²) in [6.07, 6.45) is 8.84. The molecule has 6 aliphatic carbocycles. The van der Waals surface area contributed by atoms with Gasteiger partial charge in [0, 0.05) is 59.6 Å². The lowest BCUT2D eigenvalue weighted by molar-refractivity contribution is -0.129. The molecule has 3 aromatic rings. The third kappa shape index (κ3) is 4.58. The molecule has 0 atom stereocenters. The molecule has 6 saturated carbocycles. The predicted molar refractivity (Wildman–Crippen MR) is 153 cm³/mol. The Morgan fingerprint density at radius 2 is 1.76 bits per heavy atom. The van der Waals surface area contributed by atoms with Gasteiger partial charge in [0.25, 0.3) is 0 Å². The molecule has 0 N–H and O–H groups in total. The Balaban J connectivity index is 1.05. The van der Waals surface area contributed by atoms with Crippen molar-refractivity contribution >= 4 is 11.6 Å². The molecule has 7 nitrogen and oxygen atoms in total. The normalized spacial score (nSPS) is 30.5. The smallest absolute Gasteiger partial charge is 0.241 e. The van der Waals surface area contributed by atoms with Crippen molar-refractivity contribution in [2.75, 3.05) is 11.4 Å². The topological polar surface area (TPSA) is 77.1 Å². The Hall–Kier alpha value is -3.10. The molecule has 0 unspecified atom stereocenters. The zero-order valence-electron chi connectivity index (χ0n) is 24.3. The minimum atomic E-state index is -2.36. The van der Waals surface area contributed by atoms with Crippen LogP contribution in [0.3, 0.4) is 0 Å². The van der Waals surface area contributed by atoms with Crippen LogP contribution in [0.4, 0.5) is 14.5 Å². The Labute approximate surface area is 245 Å². The second kappa shape index (κ2) is 9.71. The van der Waals surface area contributed by atoms with Gasteiger partial charge in [0.15, 0.2) is 5.82 Å². The van der Waals surface area contributed by atoms with E-state index in [-0.39, 0.29) is 35.5 Å². The standard InChI is InChI=1S/C33H39F2N5O2/c1-39-27(20-5-6-20)18-26(37-39)22-3-2-4-25(17-22)40(30(41)24-15-23(16-24)28(34)35)19-32-9-12-33(13-10-32,14-11-32)31-36-29(38-42-31)21-7-8-21/h2-4,17-18,20-21,23-24,28H,5-16,19H2,1H3. The van der Waals surface area contributed by atoms with Crippen molar-refractivity contribution in [3.63, 3.8) is 0 Å². The Bertz CT molecular complexity index is 1470. The lowest BCUT2D eigenvalue weighted by Gasteiger charge is -2.53. The molecular formula is C33H39F2N5O2. The third-order valence-electron chi connectivity index (χ3n) is 11.2. The van der Waals surface area contributed by atoms with Gasteiger partial charge in [-0.05, 0) is 101 Å². The zero-order chi connectivity index (χ0) is 28.6. The van der Waals surface area contributed by atoms with Gasteiger partial charge in [0.05, 0.1) is 5.69 Å². The van der Waals surface area contributed by atoms with Crippen molar-refractivity contribution in [1.29, 1.82) is 0 Å². The minimum Gasteiger partial charge on any atom is -0.339 e. The number of halogens is 2. The summed E-state index contributed by atoms with van der Waals surface area (Å²) in [6.45, 7) is 0.619. The molecule has 222 valence electrons. The fraction of sp³-hybridized carbons (Fsp3) is 0.636. The molecule has 2 aromatic heterocycles. The fourth-order valence-electron chi connectivity index (χ4n) is 7.92. The highest BCUT2D eigenvalue weighted by atomic mass is 19.3. The number of amides is 1. The number of nitrogens with zero attached hydrogens (tertiary/aromatic N) is 5. The van der Waals surface area contributed by atoms with E-state index in [0.717, 1.165) is 80.0 Å². The highest BCUT2D eigenvalue weighted by molar-refractivity contribution is 5.96. The molecule has 6 fully saturated rings. The largest absolute Gasteiger partial charge is 0.339 e. The molecule has 1 aromatic carbocycles. The average Bonchev–Trinajstić information content (AvgIpc) is 3.92. The number of hydrogen-bond donors (Lipinski definition) is 0. The maximum Gasteiger partial charge on any atom is 0.241 e. The summed E-state index contributed by atoms with van der Waals surface area (Å²) in [5.41, 5.74) is 3.96. The molecule has 0 spiro atoms. The summed E-state index contributed by atoms with van der Waals surface area (Å²) in [6, 6.07) is 10.3. The van der Waals surface area contributed by atoms with Crippen LogP contribution in [0.15, 0.2) is 34.9 Å². The van der Waals surface area contributed by atoms with Crippen LogP contribution in [0.1, 0.15) is 106 Å². The van der Waals surface area contributed by atoms with Crippen LogP contribution in [-0.2, 0) is 17.3 Å². The zero-order valence-corrected chi connectivity index (χ0v) is 24.3. The number of rotatable bonds is 9. The molecule has 0 aliphatic heterocycles. The molecule has 9 rings (SSSR count). The van der Waals surface area contributed by atoms with Crippen LogP contribution in [0.2, 0.25) is 0 Å². The second-order valence-corrected chi connectivity index (χ2v) is 14.1. The monoisotopic (exact) mass is 575 g/mol.